The van der Waals surface area contributed by atoms with E-state index in [1.807, 2.05) is 6.92 Å². The highest BCUT2D eigenvalue weighted by Gasteiger charge is 2.14. The molecule has 0 saturated heterocycles. The molecule has 0 aliphatic carbocycles. The van der Waals surface area contributed by atoms with Crippen molar-refractivity contribution in [1.29, 1.82) is 0 Å². The topological polar surface area (TPSA) is 55.7 Å². The Labute approximate surface area is 98.5 Å². The van der Waals surface area contributed by atoms with Crippen LogP contribution in [-0.4, -0.2) is 20.7 Å². The molecule has 2 rings (SSSR count). The number of rotatable bonds is 2. The van der Waals surface area contributed by atoms with Crippen LogP contribution in [0.1, 0.15) is 21.2 Å². The first-order chi connectivity index (χ1) is 7.16. The van der Waals surface area contributed by atoms with Crippen LogP contribution in [-0.2, 0) is 0 Å². The molecule has 15 heavy (non-hydrogen) atoms. The predicted molar refractivity (Wildman–Crippen MR) is 60.0 cm³/mol. The molecule has 0 saturated carbocycles. The fourth-order valence-corrected chi connectivity index (χ4v) is 2.18. The van der Waals surface area contributed by atoms with Crippen molar-refractivity contribution in [3.63, 3.8) is 0 Å². The van der Waals surface area contributed by atoms with Crippen molar-refractivity contribution in [1.82, 2.24) is 15.0 Å². The monoisotopic (exact) mass is 283 g/mol. The summed E-state index contributed by atoms with van der Waals surface area (Å²) in [6.07, 6.45) is 3.03. The Morgan fingerprint density at radius 3 is 2.73 bits per heavy atom. The molecule has 0 fully saturated rings. The van der Waals surface area contributed by atoms with E-state index in [4.69, 9.17) is 0 Å². The van der Waals surface area contributed by atoms with Gasteiger partial charge in [-0.3, -0.25) is 9.78 Å². The molecule has 0 bridgehead atoms. The molecule has 2 aromatic rings. The summed E-state index contributed by atoms with van der Waals surface area (Å²) in [5.41, 5.74) is 1.11. The summed E-state index contributed by atoms with van der Waals surface area (Å²) in [4.78, 5) is 23.8. The van der Waals surface area contributed by atoms with Crippen LogP contribution in [0.15, 0.2) is 22.4 Å². The van der Waals surface area contributed by atoms with E-state index in [0.29, 0.717) is 15.3 Å². The van der Waals surface area contributed by atoms with Crippen molar-refractivity contribution < 1.29 is 4.79 Å². The maximum atomic E-state index is 11.8. The minimum absolute atomic E-state index is 0.196. The lowest BCUT2D eigenvalue weighted by Crippen LogP contribution is -2.04. The zero-order chi connectivity index (χ0) is 10.8. The second kappa shape index (κ2) is 4.16. The maximum Gasteiger partial charge on any atom is 0.241 e. The Morgan fingerprint density at radius 2 is 2.20 bits per heavy atom. The van der Waals surface area contributed by atoms with E-state index in [1.165, 1.54) is 17.5 Å². The highest BCUT2D eigenvalue weighted by Crippen LogP contribution is 2.17. The largest absolute Gasteiger partial charge is 0.284 e. The maximum absolute atomic E-state index is 11.8. The number of aromatic nitrogens is 3. The fraction of sp³-hybridized carbons (Fsp3) is 0.111. The van der Waals surface area contributed by atoms with Gasteiger partial charge in [-0.15, -0.1) is 11.3 Å². The average Bonchev–Trinajstić information content (AvgIpc) is 2.65. The van der Waals surface area contributed by atoms with Crippen molar-refractivity contribution in [2.45, 2.75) is 6.92 Å². The Bertz CT molecular complexity index is 494. The number of halogens is 1. The molecule has 4 nitrogen and oxygen atoms in total. The van der Waals surface area contributed by atoms with Gasteiger partial charge in [-0.2, -0.15) is 0 Å². The standard InChI is InChI=1S/C9H6BrN3OS/c1-5-2-12-6(3-11-5)8(14)9-13-7(10)4-15-9/h2-4H,1H3. The number of hydrogen-bond donors (Lipinski definition) is 0. The molecule has 0 unspecified atom stereocenters. The quantitative estimate of drug-likeness (QED) is 0.793. The van der Waals surface area contributed by atoms with Gasteiger partial charge in [0, 0.05) is 11.6 Å². The van der Waals surface area contributed by atoms with Gasteiger partial charge in [0.05, 0.1) is 11.9 Å². The molecule has 0 aliphatic rings. The van der Waals surface area contributed by atoms with E-state index < -0.39 is 0 Å². The van der Waals surface area contributed by atoms with E-state index in [0.717, 1.165) is 5.69 Å². The van der Waals surface area contributed by atoms with Gasteiger partial charge in [0.25, 0.3) is 0 Å². The molecule has 0 radical (unpaired) electrons. The minimum atomic E-state index is -0.196. The molecule has 2 aromatic heterocycles. The number of aryl methyl sites for hydroxylation is 1. The summed E-state index contributed by atoms with van der Waals surface area (Å²) < 4.78 is 0.663. The Balaban J connectivity index is 2.32. The number of hydrogen-bond acceptors (Lipinski definition) is 5. The third kappa shape index (κ3) is 2.27. The normalized spacial score (nSPS) is 10.3. The predicted octanol–water partition coefficient (Wildman–Crippen LogP) is 2.24. The van der Waals surface area contributed by atoms with E-state index >= 15 is 0 Å². The van der Waals surface area contributed by atoms with E-state index in [-0.39, 0.29) is 5.78 Å². The van der Waals surface area contributed by atoms with Crippen molar-refractivity contribution >= 4 is 33.0 Å². The van der Waals surface area contributed by atoms with Gasteiger partial charge in [0.15, 0.2) is 5.01 Å². The molecular weight excluding hydrogens is 278 g/mol. The SMILES string of the molecule is Cc1cnc(C(=O)c2nc(Br)cs2)cn1. The third-order valence-corrected chi connectivity index (χ3v) is 3.23. The summed E-state index contributed by atoms with van der Waals surface area (Å²) >= 11 is 4.48. The van der Waals surface area contributed by atoms with Gasteiger partial charge < -0.3 is 0 Å². The first-order valence-corrected chi connectivity index (χ1v) is 5.78. The van der Waals surface area contributed by atoms with E-state index in [2.05, 4.69) is 30.9 Å². The van der Waals surface area contributed by atoms with Crippen LogP contribution >= 0.6 is 27.3 Å². The Morgan fingerprint density at radius 1 is 1.40 bits per heavy atom. The first-order valence-electron chi connectivity index (χ1n) is 4.11. The zero-order valence-electron chi connectivity index (χ0n) is 7.77. The van der Waals surface area contributed by atoms with Crippen LogP contribution in [0, 0.1) is 6.92 Å². The number of carbonyl (C=O) groups is 1. The highest BCUT2D eigenvalue weighted by molar-refractivity contribution is 9.10. The van der Waals surface area contributed by atoms with Crippen molar-refractivity contribution in [3.8, 4) is 0 Å². The minimum Gasteiger partial charge on any atom is -0.284 e. The van der Waals surface area contributed by atoms with Crippen molar-refractivity contribution in [2.75, 3.05) is 0 Å². The molecule has 0 aliphatic heterocycles. The number of carbonyl (C=O) groups excluding carboxylic acids is 1. The zero-order valence-corrected chi connectivity index (χ0v) is 10.2. The van der Waals surface area contributed by atoms with Gasteiger partial charge in [-0.1, -0.05) is 0 Å². The molecular formula is C9H6BrN3OS. The summed E-state index contributed by atoms with van der Waals surface area (Å²) in [5.74, 6) is -0.196. The molecule has 0 amide bonds. The lowest BCUT2D eigenvalue weighted by molar-refractivity contribution is 0.103. The van der Waals surface area contributed by atoms with Gasteiger partial charge in [-0.25, -0.2) is 9.97 Å². The van der Waals surface area contributed by atoms with Crippen LogP contribution in [0.4, 0.5) is 0 Å². The summed E-state index contributed by atoms with van der Waals surface area (Å²) in [7, 11) is 0. The number of ketones is 1. The molecule has 0 N–H and O–H groups in total. The number of thiazole rings is 1. The van der Waals surface area contributed by atoms with Crippen LogP contribution in [0.5, 0.6) is 0 Å². The molecule has 0 aromatic carbocycles. The second-order valence-electron chi connectivity index (χ2n) is 2.85. The van der Waals surface area contributed by atoms with Crippen LogP contribution < -0.4 is 0 Å². The van der Waals surface area contributed by atoms with Gasteiger partial charge in [-0.05, 0) is 22.9 Å². The highest BCUT2D eigenvalue weighted by atomic mass is 79.9. The Kier molecular flexibility index (Phi) is 2.88. The van der Waals surface area contributed by atoms with Crippen molar-refractivity contribution in [2.24, 2.45) is 0 Å². The molecule has 0 atom stereocenters. The molecule has 0 spiro atoms. The van der Waals surface area contributed by atoms with E-state index in [9.17, 15) is 4.79 Å². The summed E-state index contributed by atoms with van der Waals surface area (Å²) in [5, 5.41) is 2.18. The van der Waals surface area contributed by atoms with Crippen molar-refractivity contribution in [3.05, 3.63) is 38.8 Å². The lowest BCUT2D eigenvalue weighted by Gasteiger charge is -1.95. The van der Waals surface area contributed by atoms with Crippen LogP contribution in [0.25, 0.3) is 0 Å². The summed E-state index contributed by atoms with van der Waals surface area (Å²) in [6.45, 7) is 1.82. The molecule has 2 heterocycles. The van der Waals surface area contributed by atoms with Gasteiger partial charge in [0.1, 0.15) is 10.3 Å². The number of nitrogens with zero attached hydrogens (tertiary/aromatic N) is 3. The second-order valence-corrected chi connectivity index (χ2v) is 4.52. The average molecular weight is 284 g/mol. The van der Waals surface area contributed by atoms with Crippen LogP contribution in [0.2, 0.25) is 0 Å². The van der Waals surface area contributed by atoms with Gasteiger partial charge >= 0.3 is 0 Å². The first kappa shape index (κ1) is 10.4. The van der Waals surface area contributed by atoms with E-state index in [1.54, 1.807) is 11.6 Å². The molecule has 76 valence electrons. The molecule has 6 heteroatoms. The van der Waals surface area contributed by atoms with Gasteiger partial charge in [0.2, 0.25) is 5.78 Å². The third-order valence-electron chi connectivity index (χ3n) is 1.68. The fourth-order valence-electron chi connectivity index (χ4n) is 0.978. The van der Waals surface area contributed by atoms with Crippen LogP contribution in [0.3, 0.4) is 0 Å². The smallest absolute Gasteiger partial charge is 0.241 e. The summed E-state index contributed by atoms with van der Waals surface area (Å²) in [6, 6.07) is 0. The lowest BCUT2D eigenvalue weighted by atomic mass is 10.3. The Hall–Kier alpha value is -1.14.